The molecular weight excluding hydrogens is 318 g/mol. The average Bonchev–Trinajstić information content (AvgIpc) is 2.59. The van der Waals surface area contributed by atoms with Gasteiger partial charge in [0.1, 0.15) is 23.7 Å². The normalized spacial score (nSPS) is 10.8. The third-order valence-electron chi connectivity index (χ3n) is 4.18. The Balaban J connectivity index is 2.00. The Morgan fingerprint density at radius 2 is 1.96 bits per heavy atom. The first kappa shape index (κ1) is 16.9. The average molecular weight is 337 g/mol. The summed E-state index contributed by atoms with van der Waals surface area (Å²) in [4.78, 5) is 27.9. The summed E-state index contributed by atoms with van der Waals surface area (Å²) in [6.45, 7) is 5.48. The summed E-state index contributed by atoms with van der Waals surface area (Å²) in [5.41, 5.74) is 2.79. The Bertz CT molecular complexity index is 990. The number of ether oxygens (including phenoxy) is 1. The summed E-state index contributed by atoms with van der Waals surface area (Å²) in [6, 6.07) is 9.34. The molecule has 0 aliphatic rings. The molecule has 0 N–H and O–H groups in total. The molecule has 0 amide bonds. The first-order valence-electron chi connectivity index (χ1n) is 8.05. The van der Waals surface area contributed by atoms with Gasteiger partial charge in [0, 0.05) is 29.1 Å². The number of carbonyl (C=O) groups is 1. The van der Waals surface area contributed by atoms with E-state index in [4.69, 9.17) is 9.15 Å². The monoisotopic (exact) mass is 337 g/mol. The van der Waals surface area contributed by atoms with E-state index in [1.165, 1.54) is 6.92 Å². The summed E-state index contributed by atoms with van der Waals surface area (Å²) in [7, 11) is 0. The number of pyridine rings is 1. The second-order valence-corrected chi connectivity index (χ2v) is 6.05. The molecule has 1 aromatic carbocycles. The third-order valence-corrected chi connectivity index (χ3v) is 4.18. The molecule has 128 valence electrons. The van der Waals surface area contributed by atoms with Crippen LogP contribution in [0, 0.1) is 13.8 Å². The van der Waals surface area contributed by atoms with Crippen molar-refractivity contribution in [2.24, 2.45) is 0 Å². The largest absolute Gasteiger partial charge is 0.487 e. The summed E-state index contributed by atoms with van der Waals surface area (Å²) < 4.78 is 11.3. The van der Waals surface area contributed by atoms with E-state index < -0.39 is 5.63 Å². The van der Waals surface area contributed by atoms with Crippen LogP contribution in [0.4, 0.5) is 0 Å². The Morgan fingerprint density at radius 1 is 1.16 bits per heavy atom. The lowest BCUT2D eigenvalue weighted by Gasteiger charge is -2.12. The van der Waals surface area contributed by atoms with Gasteiger partial charge in [-0.25, -0.2) is 4.79 Å². The highest BCUT2D eigenvalue weighted by atomic mass is 16.5. The van der Waals surface area contributed by atoms with Crippen molar-refractivity contribution in [3.05, 3.63) is 69.3 Å². The van der Waals surface area contributed by atoms with Gasteiger partial charge >= 0.3 is 5.63 Å². The van der Waals surface area contributed by atoms with Crippen molar-refractivity contribution in [2.45, 2.75) is 33.8 Å². The smallest absolute Gasteiger partial charge is 0.340 e. The molecular formula is C20H19NO4. The minimum atomic E-state index is -0.467. The number of Topliss-reactive ketones (excluding diaryl/α,β-unsaturated/α-hetero) is 1. The molecule has 0 aliphatic heterocycles. The number of ketones is 1. The maximum Gasteiger partial charge on any atom is 0.340 e. The lowest BCUT2D eigenvalue weighted by Crippen LogP contribution is -2.14. The molecule has 0 saturated carbocycles. The predicted octanol–water partition coefficient (Wildman–Crippen LogP) is 3.52. The molecule has 5 heteroatoms. The van der Waals surface area contributed by atoms with Gasteiger partial charge in [0.05, 0.1) is 5.69 Å². The zero-order valence-corrected chi connectivity index (χ0v) is 14.5. The standard InChI is InChI=1S/C20H19NO4/c1-12(22)10-17-13(2)16-7-8-18(14(3)19(16)25-20(17)23)24-11-15-6-4-5-9-21-15/h4-9H,10-11H2,1-3H3. The Labute approximate surface area is 145 Å². The summed E-state index contributed by atoms with van der Waals surface area (Å²) in [6.07, 6.45) is 1.80. The minimum Gasteiger partial charge on any atom is -0.487 e. The predicted molar refractivity (Wildman–Crippen MR) is 94.9 cm³/mol. The van der Waals surface area contributed by atoms with Crippen LogP contribution in [-0.2, 0) is 17.8 Å². The van der Waals surface area contributed by atoms with E-state index in [1.807, 2.05) is 44.2 Å². The van der Waals surface area contributed by atoms with E-state index in [0.717, 1.165) is 22.2 Å². The summed E-state index contributed by atoms with van der Waals surface area (Å²) >= 11 is 0. The maximum absolute atomic E-state index is 12.3. The number of nitrogens with zero attached hydrogens (tertiary/aromatic N) is 1. The zero-order valence-electron chi connectivity index (χ0n) is 14.5. The molecule has 25 heavy (non-hydrogen) atoms. The van der Waals surface area contributed by atoms with Crippen molar-refractivity contribution in [3.63, 3.8) is 0 Å². The van der Waals surface area contributed by atoms with E-state index in [1.54, 1.807) is 6.20 Å². The van der Waals surface area contributed by atoms with Gasteiger partial charge in [-0.15, -0.1) is 0 Å². The van der Waals surface area contributed by atoms with Crippen molar-refractivity contribution < 1.29 is 13.9 Å². The van der Waals surface area contributed by atoms with Crippen molar-refractivity contribution in [3.8, 4) is 5.75 Å². The molecule has 0 spiro atoms. The molecule has 0 radical (unpaired) electrons. The molecule has 0 bridgehead atoms. The van der Waals surface area contributed by atoms with Gasteiger partial charge in [-0.2, -0.15) is 0 Å². The number of fused-ring (bicyclic) bond motifs is 1. The Morgan fingerprint density at radius 3 is 2.64 bits per heavy atom. The third kappa shape index (κ3) is 3.45. The van der Waals surface area contributed by atoms with Crippen LogP contribution in [0.15, 0.2) is 45.7 Å². The van der Waals surface area contributed by atoms with Gasteiger partial charge < -0.3 is 9.15 Å². The minimum absolute atomic E-state index is 0.0678. The van der Waals surface area contributed by atoms with Crippen LogP contribution in [0.1, 0.15) is 29.3 Å². The molecule has 0 saturated heterocycles. The van der Waals surface area contributed by atoms with E-state index in [0.29, 0.717) is 23.5 Å². The fraction of sp³-hybridized carbons (Fsp3) is 0.250. The first-order chi connectivity index (χ1) is 12.0. The van der Waals surface area contributed by atoms with Gasteiger partial charge in [0.15, 0.2) is 0 Å². The van der Waals surface area contributed by atoms with E-state index in [9.17, 15) is 9.59 Å². The van der Waals surface area contributed by atoms with Gasteiger partial charge in [-0.1, -0.05) is 6.07 Å². The Kier molecular flexibility index (Phi) is 4.65. The number of carbonyl (C=O) groups excluding carboxylic acids is 1. The van der Waals surface area contributed by atoms with E-state index in [-0.39, 0.29) is 12.2 Å². The van der Waals surface area contributed by atoms with E-state index in [2.05, 4.69) is 4.98 Å². The quantitative estimate of drug-likeness (QED) is 0.666. The molecule has 0 aliphatic carbocycles. The highest BCUT2D eigenvalue weighted by molar-refractivity contribution is 5.87. The summed E-state index contributed by atoms with van der Waals surface area (Å²) in [5, 5.41) is 0.818. The topological polar surface area (TPSA) is 69.4 Å². The van der Waals surface area contributed by atoms with Gasteiger partial charge in [-0.3, -0.25) is 9.78 Å². The number of rotatable bonds is 5. The molecule has 2 aromatic heterocycles. The molecule has 0 fully saturated rings. The number of aromatic nitrogens is 1. The second kappa shape index (κ2) is 6.89. The second-order valence-electron chi connectivity index (χ2n) is 6.05. The SMILES string of the molecule is CC(=O)Cc1c(C)c2ccc(OCc3ccccn3)c(C)c2oc1=O. The van der Waals surface area contributed by atoms with Crippen LogP contribution in [0.5, 0.6) is 5.75 Å². The molecule has 5 nitrogen and oxygen atoms in total. The van der Waals surface area contributed by atoms with Crippen LogP contribution in [0.2, 0.25) is 0 Å². The van der Waals surface area contributed by atoms with Gasteiger partial charge in [-0.05, 0) is 50.6 Å². The fourth-order valence-corrected chi connectivity index (χ4v) is 2.82. The van der Waals surface area contributed by atoms with Crippen LogP contribution < -0.4 is 10.4 Å². The van der Waals surface area contributed by atoms with Crippen LogP contribution in [-0.4, -0.2) is 10.8 Å². The molecule has 0 unspecified atom stereocenters. The molecule has 3 rings (SSSR count). The van der Waals surface area contributed by atoms with Crippen molar-refractivity contribution in [1.29, 1.82) is 0 Å². The lowest BCUT2D eigenvalue weighted by atomic mass is 10.0. The number of benzene rings is 1. The molecule has 3 aromatic rings. The molecule has 2 heterocycles. The fourth-order valence-electron chi connectivity index (χ4n) is 2.82. The van der Waals surface area contributed by atoms with Crippen LogP contribution in [0.3, 0.4) is 0 Å². The van der Waals surface area contributed by atoms with Gasteiger partial charge in [0.2, 0.25) is 0 Å². The zero-order chi connectivity index (χ0) is 18.0. The Hall–Kier alpha value is -2.95. The first-order valence-corrected chi connectivity index (χ1v) is 8.05. The highest BCUT2D eigenvalue weighted by Gasteiger charge is 2.16. The van der Waals surface area contributed by atoms with Crippen molar-refractivity contribution in [2.75, 3.05) is 0 Å². The maximum atomic E-state index is 12.3. The van der Waals surface area contributed by atoms with Crippen LogP contribution >= 0.6 is 0 Å². The lowest BCUT2D eigenvalue weighted by molar-refractivity contribution is -0.116. The summed E-state index contributed by atoms with van der Waals surface area (Å²) in [5.74, 6) is 0.571. The van der Waals surface area contributed by atoms with Crippen LogP contribution in [0.25, 0.3) is 11.0 Å². The molecule has 0 atom stereocenters. The highest BCUT2D eigenvalue weighted by Crippen LogP contribution is 2.30. The van der Waals surface area contributed by atoms with Crippen molar-refractivity contribution in [1.82, 2.24) is 4.98 Å². The number of aryl methyl sites for hydroxylation is 2. The van der Waals surface area contributed by atoms with Crippen molar-refractivity contribution >= 4 is 16.8 Å². The van der Waals surface area contributed by atoms with E-state index >= 15 is 0 Å². The number of hydrogen-bond acceptors (Lipinski definition) is 5. The van der Waals surface area contributed by atoms with Gasteiger partial charge in [0.25, 0.3) is 0 Å². The number of hydrogen-bond donors (Lipinski definition) is 0.